The van der Waals surface area contributed by atoms with Crippen molar-refractivity contribution in [1.29, 1.82) is 0 Å². The van der Waals surface area contributed by atoms with Crippen LogP contribution in [0.2, 0.25) is 0 Å². The molecule has 0 fully saturated rings. The monoisotopic (exact) mass is 331 g/mol. The molecule has 6 heteroatoms. The Bertz CT molecular complexity index is 660. The number of nitrogens with one attached hydrogen (secondary N) is 2. The fourth-order valence-corrected chi connectivity index (χ4v) is 2.50. The third kappa shape index (κ3) is 4.57. The van der Waals surface area contributed by atoms with Crippen molar-refractivity contribution in [2.24, 2.45) is 10.9 Å². The Morgan fingerprint density at radius 2 is 1.96 bits per heavy atom. The van der Waals surface area contributed by atoms with Crippen LogP contribution < -0.4 is 10.6 Å². The third-order valence-electron chi connectivity index (χ3n) is 3.50. The van der Waals surface area contributed by atoms with E-state index in [-0.39, 0.29) is 24.4 Å². The molecule has 0 saturated heterocycles. The Morgan fingerprint density at radius 1 is 1.29 bits per heavy atom. The summed E-state index contributed by atoms with van der Waals surface area (Å²) in [7, 11) is 0. The van der Waals surface area contributed by atoms with E-state index in [1.807, 2.05) is 58.9 Å². The predicted octanol–water partition coefficient (Wildman–Crippen LogP) is 2.98. The van der Waals surface area contributed by atoms with E-state index in [2.05, 4.69) is 15.6 Å². The average molecular weight is 331 g/mol. The van der Waals surface area contributed by atoms with Crippen molar-refractivity contribution in [2.45, 2.75) is 46.3 Å². The highest BCUT2D eigenvalue weighted by Crippen LogP contribution is 2.22. The summed E-state index contributed by atoms with van der Waals surface area (Å²) in [5, 5.41) is 5.74. The van der Waals surface area contributed by atoms with Gasteiger partial charge in [0.05, 0.1) is 11.8 Å². The Balaban J connectivity index is 2.33. The van der Waals surface area contributed by atoms with Gasteiger partial charge in [-0.1, -0.05) is 32.0 Å². The Kier molecular flexibility index (Phi) is 5.26. The summed E-state index contributed by atoms with van der Waals surface area (Å²) in [6.45, 7) is 9.47. The van der Waals surface area contributed by atoms with Crippen molar-refractivity contribution < 1.29 is 14.3 Å². The van der Waals surface area contributed by atoms with E-state index in [0.29, 0.717) is 11.4 Å². The molecule has 0 aliphatic carbocycles. The van der Waals surface area contributed by atoms with E-state index in [1.54, 1.807) is 0 Å². The van der Waals surface area contributed by atoms with E-state index >= 15 is 0 Å². The van der Waals surface area contributed by atoms with Gasteiger partial charge >= 0.3 is 6.09 Å². The summed E-state index contributed by atoms with van der Waals surface area (Å²) >= 11 is 0. The largest absolute Gasteiger partial charge is 0.444 e. The lowest BCUT2D eigenvalue weighted by molar-refractivity contribution is -0.114. The zero-order valence-electron chi connectivity index (χ0n) is 14.8. The predicted molar refractivity (Wildman–Crippen MR) is 94.5 cm³/mol. The van der Waals surface area contributed by atoms with Crippen LogP contribution in [0.25, 0.3) is 0 Å². The first-order valence-corrected chi connectivity index (χ1v) is 8.10. The molecule has 0 spiro atoms. The molecule has 1 aliphatic heterocycles. The SMILES string of the molecule is CC(C)[C@H](NC(=O)OC(C)(C)C)C1=NCC(=O)Nc2ccccc21. The van der Waals surface area contributed by atoms with Crippen molar-refractivity contribution in [3.63, 3.8) is 0 Å². The lowest BCUT2D eigenvalue weighted by atomic mass is 9.93. The normalized spacial score (nSPS) is 15.8. The summed E-state index contributed by atoms with van der Waals surface area (Å²) in [6, 6.07) is 7.11. The van der Waals surface area contributed by atoms with Gasteiger partial charge in [-0.25, -0.2) is 4.79 Å². The number of hydrogen-bond donors (Lipinski definition) is 2. The second kappa shape index (κ2) is 7.03. The molecule has 0 radical (unpaired) electrons. The van der Waals surface area contributed by atoms with Crippen LogP contribution in [0.5, 0.6) is 0 Å². The standard InChI is InChI=1S/C18H25N3O3/c1-11(2)15(21-17(23)24-18(3,4)5)16-12-8-6-7-9-13(12)20-14(22)10-19-16/h6-9,11,15H,10H2,1-5H3,(H,20,22)(H,21,23)/t15-/m0/s1. The molecule has 2 amide bonds. The zero-order valence-corrected chi connectivity index (χ0v) is 14.8. The van der Waals surface area contributed by atoms with Gasteiger partial charge in [-0.3, -0.25) is 9.79 Å². The third-order valence-corrected chi connectivity index (χ3v) is 3.50. The fraction of sp³-hybridized carbons (Fsp3) is 0.500. The van der Waals surface area contributed by atoms with Gasteiger partial charge in [-0.2, -0.15) is 0 Å². The van der Waals surface area contributed by atoms with Gasteiger partial charge in [0.25, 0.3) is 0 Å². The molecular weight excluding hydrogens is 306 g/mol. The maximum absolute atomic E-state index is 12.2. The van der Waals surface area contributed by atoms with E-state index in [0.717, 1.165) is 5.56 Å². The molecule has 2 N–H and O–H groups in total. The molecule has 0 aromatic heterocycles. The molecule has 0 bridgehead atoms. The second-order valence-electron chi connectivity index (χ2n) is 7.16. The van der Waals surface area contributed by atoms with Crippen LogP contribution in [0.4, 0.5) is 10.5 Å². The number of amides is 2. The first kappa shape index (κ1) is 18.0. The van der Waals surface area contributed by atoms with Crippen molar-refractivity contribution >= 4 is 23.4 Å². The quantitative estimate of drug-likeness (QED) is 0.893. The van der Waals surface area contributed by atoms with E-state index in [4.69, 9.17) is 4.74 Å². The topological polar surface area (TPSA) is 79.8 Å². The van der Waals surface area contributed by atoms with Crippen molar-refractivity contribution in [1.82, 2.24) is 5.32 Å². The molecule has 2 rings (SSSR count). The number of ether oxygens (including phenoxy) is 1. The first-order valence-electron chi connectivity index (χ1n) is 8.10. The molecule has 130 valence electrons. The second-order valence-corrected chi connectivity index (χ2v) is 7.16. The highest BCUT2D eigenvalue weighted by Gasteiger charge is 2.29. The number of rotatable bonds is 3. The molecule has 1 heterocycles. The van der Waals surface area contributed by atoms with Crippen LogP contribution in [0.1, 0.15) is 40.2 Å². The van der Waals surface area contributed by atoms with Crippen molar-refractivity contribution in [3.05, 3.63) is 29.8 Å². The van der Waals surface area contributed by atoms with E-state index in [9.17, 15) is 9.59 Å². The number of nitrogens with zero attached hydrogens (tertiary/aromatic N) is 1. The number of hydrogen-bond acceptors (Lipinski definition) is 4. The number of benzene rings is 1. The van der Waals surface area contributed by atoms with Gasteiger partial charge in [0.15, 0.2) is 0 Å². The molecular formula is C18H25N3O3. The van der Waals surface area contributed by atoms with Crippen LogP contribution in [0, 0.1) is 5.92 Å². The summed E-state index contributed by atoms with van der Waals surface area (Å²) < 4.78 is 5.36. The maximum Gasteiger partial charge on any atom is 0.408 e. The number of para-hydroxylation sites is 1. The minimum Gasteiger partial charge on any atom is -0.444 e. The van der Waals surface area contributed by atoms with E-state index < -0.39 is 11.7 Å². The van der Waals surface area contributed by atoms with Crippen molar-refractivity contribution in [2.75, 3.05) is 11.9 Å². The van der Waals surface area contributed by atoms with Gasteiger partial charge in [0.1, 0.15) is 12.1 Å². The summed E-state index contributed by atoms with van der Waals surface area (Å²) in [4.78, 5) is 28.5. The number of anilines is 1. The highest BCUT2D eigenvalue weighted by atomic mass is 16.6. The highest BCUT2D eigenvalue weighted by molar-refractivity contribution is 6.14. The van der Waals surface area contributed by atoms with Crippen molar-refractivity contribution in [3.8, 4) is 0 Å². The van der Waals surface area contributed by atoms with Gasteiger partial charge in [-0.15, -0.1) is 0 Å². The van der Waals surface area contributed by atoms with Crippen LogP contribution in [-0.4, -0.2) is 35.9 Å². The molecule has 1 atom stereocenters. The van der Waals surface area contributed by atoms with Gasteiger partial charge < -0.3 is 15.4 Å². The Labute approximate surface area is 142 Å². The van der Waals surface area contributed by atoms with Gasteiger partial charge in [-0.05, 0) is 32.8 Å². The first-order chi connectivity index (χ1) is 11.2. The number of fused-ring (bicyclic) bond motifs is 1. The molecule has 0 unspecified atom stereocenters. The zero-order chi connectivity index (χ0) is 17.9. The van der Waals surface area contributed by atoms with Crippen LogP contribution in [-0.2, 0) is 9.53 Å². The number of carbonyl (C=O) groups is 2. The molecule has 1 aromatic carbocycles. The number of carbonyl (C=O) groups excluding carboxylic acids is 2. The minimum absolute atomic E-state index is 0.0310. The maximum atomic E-state index is 12.2. The Morgan fingerprint density at radius 3 is 2.58 bits per heavy atom. The lowest BCUT2D eigenvalue weighted by Crippen LogP contribution is -2.46. The smallest absolute Gasteiger partial charge is 0.408 e. The van der Waals surface area contributed by atoms with Gasteiger partial charge in [0, 0.05) is 11.3 Å². The minimum atomic E-state index is -0.577. The number of benzodiazepines with no additional fused rings is 1. The number of alkyl carbamates (subject to hydrolysis) is 1. The summed E-state index contributed by atoms with van der Waals surface area (Å²) in [5.74, 6) is -0.0882. The van der Waals surface area contributed by atoms with E-state index in [1.165, 1.54) is 0 Å². The van der Waals surface area contributed by atoms with Crippen LogP contribution in [0.3, 0.4) is 0 Å². The molecule has 24 heavy (non-hydrogen) atoms. The molecule has 6 nitrogen and oxygen atoms in total. The fourth-order valence-electron chi connectivity index (χ4n) is 2.50. The van der Waals surface area contributed by atoms with Gasteiger partial charge in [0.2, 0.25) is 5.91 Å². The van der Waals surface area contributed by atoms with Crippen LogP contribution >= 0.6 is 0 Å². The number of aliphatic imine (C=N–C) groups is 1. The summed E-state index contributed by atoms with van der Waals surface area (Å²) in [6.07, 6.45) is -0.495. The molecule has 1 aromatic rings. The lowest BCUT2D eigenvalue weighted by Gasteiger charge is -2.27. The average Bonchev–Trinajstić information content (AvgIpc) is 2.61. The van der Waals surface area contributed by atoms with Crippen LogP contribution in [0.15, 0.2) is 29.3 Å². The molecule has 0 saturated carbocycles. The Hall–Kier alpha value is -2.37. The summed E-state index contributed by atoms with van der Waals surface area (Å²) in [5.41, 5.74) is 1.63. The molecule has 1 aliphatic rings.